The maximum Gasteiger partial charge on any atom is 0.272 e. The van der Waals surface area contributed by atoms with Crippen molar-refractivity contribution in [1.82, 2.24) is 15.5 Å². The van der Waals surface area contributed by atoms with E-state index in [0.29, 0.717) is 17.3 Å². The van der Waals surface area contributed by atoms with Gasteiger partial charge in [-0.15, -0.1) is 0 Å². The number of aromatic nitrogens is 2. The molecule has 5 nitrogen and oxygen atoms in total. The second-order valence-corrected chi connectivity index (χ2v) is 4.68. The van der Waals surface area contributed by atoms with Gasteiger partial charge in [0.05, 0.1) is 5.39 Å². The number of hydrogen-bond acceptors (Lipinski definition) is 4. The van der Waals surface area contributed by atoms with Crippen molar-refractivity contribution in [2.45, 2.75) is 0 Å². The number of H-pyrrole nitrogens is 1. The van der Waals surface area contributed by atoms with E-state index in [1.54, 1.807) is 36.0 Å². The van der Waals surface area contributed by atoms with Gasteiger partial charge < -0.3 is 5.32 Å². The molecule has 0 aliphatic rings. The first kappa shape index (κ1) is 12.6. The third-order valence-electron chi connectivity index (χ3n) is 2.50. The average Bonchev–Trinajstić information content (AvgIpc) is 2.39. The minimum absolute atomic E-state index is 0.256. The van der Waals surface area contributed by atoms with Crippen molar-refractivity contribution in [3.05, 3.63) is 40.3 Å². The van der Waals surface area contributed by atoms with Crippen molar-refractivity contribution in [2.75, 3.05) is 18.6 Å². The molecule has 0 spiro atoms. The topological polar surface area (TPSA) is 74.8 Å². The third kappa shape index (κ3) is 2.53. The van der Waals surface area contributed by atoms with Gasteiger partial charge in [0.25, 0.3) is 11.5 Å². The zero-order valence-corrected chi connectivity index (χ0v) is 10.7. The van der Waals surface area contributed by atoms with Gasteiger partial charge in [-0.25, -0.2) is 5.10 Å². The summed E-state index contributed by atoms with van der Waals surface area (Å²) in [4.78, 5) is 23.5. The molecule has 0 aliphatic heterocycles. The normalized spacial score (nSPS) is 10.5. The number of benzene rings is 1. The van der Waals surface area contributed by atoms with Crippen molar-refractivity contribution in [1.29, 1.82) is 0 Å². The molecule has 2 N–H and O–H groups in total. The van der Waals surface area contributed by atoms with Gasteiger partial charge in [-0.1, -0.05) is 18.2 Å². The second kappa shape index (κ2) is 5.68. The Kier molecular flexibility index (Phi) is 3.99. The van der Waals surface area contributed by atoms with Crippen molar-refractivity contribution < 1.29 is 4.79 Å². The molecule has 1 heterocycles. The fraction of sp³-hybridized carbons (Fsp3) is 0.250. The lowest BCUT2D eigenvalue weighted by Gasteiger charge is -2.05. The number of rotatable bonds is 4. The maximum absolute atomic E-state index is 11.9. The lowest BCUT2D eigenvalue weighted by molar-refractivity contribution is 0.0952. The summed E-state index contributed by atoms with van der Waals surface area (Å²) in [5.41, 5.74) is -0.0300. The SMILES string of the molecule is CSCCNC(=O)c1n[nH]c(=O)c2ccccc12. The van der Waals surface area contributed by atoms with Gasteiger partial charge in [0.15, 0.2) is 5.69 Å². The van der Waals surface area contributed by atoms with E-state index in [1.807, 2.05) is 6.26 Å². The van der Waals surface area contributed by atoms with E-state index in [9.17, 15) is 9.59 Å². The van der Waals surface area contributed by atoms with Crippen LogP contribution in [0.5, 0.6) is 0 Å². The van der Waals surface area contributed by atoms with Crippen LogP contribution >= 0.6 is 11.8 Å². The zero-order chi connectivity index (χ0) is 13.0. The number of nitrogens with zero attached hydrogens (tertiary/aromatic N) is 1. The molecule has 6 heteroatoms. The highest BCUT2D eigenvalue weighted by molar-refractivity contribution is 7.98. The molecule has 18 heavy (non-hydrogen) atoms. The molecular formula is C12H13N3O2S. The number of carbonyl (C=O) groups is 1. The molecule has 0 saturated carbocycles. The van der Waals surface area contributed by atoms with Crippen molar-refractivity contribution >= 4 is 28.4 Å². The highest BCUT2D eigenvalue weighted by atomic mass is 32.2. The minimum atomic E-state index is -0.286. The molecule has 0 aliphatic carbocycles. The van der Waals surface area contributed by atoms with Gasteiger partial charge in [-0.05, 0) is 12.3 Å². The summed E-state index contributed by atoms with van der Waals surface area (Å²) < 4.78 is 0. The first-order valence-corrected chi connectivity index (χ1v) is 6.88. The highest BCUT2D eigenvalue weighted by Crippen LogP contribution is 2.11. The average molecular weight is 263 g/mol. The Morgan fingerprint density at radius 2 is 2.11 bits per heavy atom. The molecule has 94 valence electrons. The Balaban J connectivity index is 2.36. The number of amides is 1. The molecule has 0 fully saturated rings. The van der Waals surface area contributed by atoms with Crippen molar-refractivity contribution in [2.24, 2.45) is 0 Å². The standard InChI is InChI=1S/C12H13N3O2S/c1-18-7-6-13-12(17)10-8-4-2-3-5-9(8)11(16)15-14-10/h2-5H,6-7H2,1H3,(H,13,17)(H,15,16). The van der Waals surface area contributed by atoms with Gasteiger partial charge in [-0.2, -0.15) is 16.9 Å². The summed E-state index contributed by atoms with van der Waals surface area (Å²) in [5, 5.41) is 9.99. The summed E-state index contributed by atoms with van der Waals surface area (Å²) >= 11 is 1.65. The van der Waals surface area contributed by atoms with E-state index in [0.717, 1.165) is 5.75 Å². The Hall–Kier alpha value is -1.82. The fourth-order valence-electron chi connectivity index (χ4n) is 1.64. The van der Waals surface area contributed by atoms with Crippen LogP contribution in [-0.2, 0) is 0 Å². The Morgan fingerprint density at radius 3 is 2.83 bits per heavy atom. The second-order valence-electron chi connectivity index (χ2n) is 3.70. The van der Waals surface area contributed by atoms with Gasteiger partial charge >= 0.3 is 0 Å². The Morgan fingerprint density at radius 1 is 1.39 bits per heavy atom. The molecular weight excluding hydrogens is 250 g/mol. The van der Waals surface area contributed by atoms with E-state index in [-0.39, 0.29) is 17.2 Å². The fourth-order valence-corrected chi connectivity index (χ4v) is 1.94. The first-order valence-electron chi connectivity index (χ1n) is 5.48. The van der Waals surface area contributed by atoms with Crippen LogP contribution in [0.2, 0.25) is 0 Å². The summed E-state index contributed by atoms with van der Waals surface area (Å²) in [7, 11) is 0. The predicted molar refractivity (Wildman–Crippen MR) is 73.1 cm³/mol. The van der Waals surface area contributed by atoms with Crippen LogP contribution in [0.1, 0.15) is 10.5 Å². The largest absolute Gasteiger partial charge is 0.350 e. The summed E-state index contributed by atoms with van der Waals surface area (Å²) in [6, 6.07) is 6.94. The quantitative estimate of drug-likeness (QED) is 0.807. The van der Waals surface area contributed by atoms with E-state index >= 15 is 0 Å². The van der Waals surface area contributed by atoms with Crippen LogP contribution in [-0.4, -0.2) is 34.7 Å². The van der Waals surface area contributed by atoms with Crippen molar-refractivity contribution in [3.8, 4) is 0 Å². The number of nitrogens with one attached hydrogen (secondary N) is 2. The van der Waals surface area contributed by atoms with E-state index < -0.39 is 0 Å². The number of hydrogen-bond donors (Lipinski definition) is 2. The molecule has 1 amide bonds. The molecule has 1 aromatic heterocycles. The molecule has 0 saturated heterocycles. The zero-order valence-electron chi connectivity index (χ0n) is 9.90. The maximum atomic E-state index is 11.9. The lowest BCUT2D eigenvalue weighted by Crippen LogP contribution is -2.28. The molecule has 1 aromatic carbocycles. The van der Waals surface area contributed by atoms with Crippen LogP contribution in [0.15, 0.2) is 29.1 Å². The predicted octanol–water partition coefficient (Wildman–Crippen LogP) is 1.02. The van der Waals surface area contributed by atoms with Crippen molar-refractivity contribution in [3.63, 3.8) is 0 Å². The van der Waals surface area contributed by atoms with Crippen LogP contribution in [0.25, 0.3) is 10.8 Å². The van der Waals surface area contributed by atoms with Gasteiger partial charge in [0, 0.05) is 17.7 Å². The molecule has 2 rings (SSSR count). The van der Waals surface area contributed by atoms with Gasteiger partial charge in [-0.3, -0.25) is 9.59 Å². The molecule has 0 unspecified atom stereocenters. The van der Waals surface area contributed by atoms with Gasteiger partial charge in [0.1, 0.15) is 0 Å². The summed E-state index contributed by atoms with van der Waals surface area (Å²) in [6.07, 6.45) is 1.97. The van der Waals surface area contributed by atoms with Crippen LogP contribution in [0.3, 0.4) is 0 Å². The summed E-state index contributed by atoms with van der Waals surface area (Å²) in [5.74, 6) is 0.573. The van der Waals surface area contributed by atoms with Crippen LogP contribution in [0, 0.1) is 0 Å². The highest BCUT2D eigenvalue weighted by Gasteiger charge is 2.12. The number of fused-ring (bicyclic) bond motifs is 1. The Bertz CT molecular complexity index is 624. The molecule has 0 atom stereocenters. The molecule has 0 bridgehead atoms. The number of carbonyl (C=O) groups excluding carboxylic acids is 1. The lowest BCUT2D eigenvalue weighted by atomic mass is 10.1. The van der Waals surface area contributed by atoms with E-state index in [2.05, 4.69) is 15.5 Å². The third-order valence-corrected chi connectivity index (χ3v) is 3.12. The number of thioether (sulfide) groups is 1. The monoisotopic (exact) mass is 263 g/mol. The number of aromatic amines is 1. The van der Waals surface area contributed by atoms with Crippen LogP contribution in [0.4, 0.5) is 0 Å². The smallest absolute Gasteiger partial charge is 0.272 e. The summed E-state index contributed by atoms with van der Waals surface area (Å²) in [6.45, 7) is 0.579. The molecule has 0 radical (unpaired) electrons. The van der Waals surface area contributed by atoms with Gasteiger partial charge in [0.2, 0.25) is 0 Å². The first-order chi connectivity index (χ1) is 8.74. The van der Waals surface area contributed by atoms with Crippen LogP contribution < -0.4 is 10.9 Å². The minimum Gasteiger partial charge on any atom is -0.350 e. The molecule has 2 aromatic rings. The van der Waals surface area contributed by atoms with E-state index in [1.165, 1.54) is 0 Å². The van der Waals surface area contributed by atoms with E-state index in [4.69, 9.17) is 0 Å². The Labute approximate surface area is 108 Å².